The van der Waals surface area contributed by atoms with E-state index in [1.807, 2.05) is 0 Å². The number of rotatable bonds is 4. The van der Waals surface area contributed by atoms with Crippen molar-refractivity contribution in [1.82, 2.24) is 14.1 Å². The van der Waals surface area contributed by atoms with Gasteiger partial charge in [0.05, 0.1) is 21.4 Å². The van der Waals surface area contributed by atoms with Crippen molar-refractivity contribution in [3.05, 3.63) is 41.4 Å². The van der Waals surface area contributed by atoms with E-state index in [4.69, 9.17) is 11.6 Å². The summed E-state index contributed by atoms with van der Waals surface area (Å²) >= 11 is 5.58. The minimum atomic E-state index is -4.78. The Kier molecular flexibility index (Phi) is 7.21. The molecule has 7 nitrogen and oxygen atoms in total. The monoisotopic (exact) mass is 493 g/mol. The van der Waals surface area contributed by atoms with Crippen molar-refractivity contribution in [3.63, 3.8) is 0 Å². The van der Waals surface area contributed by atoms with Crippen LogP contribution in [0.15, 0.2) is 35.7 Å². The molecule has 176 valence electrons. The smallest absolute Gasteiger partial charge is 0.340 e. The fourth-order valence-corrected chi connectivity index (χ4v) is 5.62. The third-order valence-corrected chi connectivity index (χ3v) is 7.91. The molecule has 2 aliphatic rings. The highest BCUT2D eigenvalue weighted by Gasteiger charge is 2.37. The van der Waals surface area contributed by atoms with E-state index in [9.17, 15) is 31.2 Å². The number of halogens is 4. The zero-order chi connectivity index (χ0) is 23.7. The third kappa shape index (κ3) is 5.10. The van der Waals surface area contributed by atoms with Gasteiger partial charge in [0, 0.05) is 39.3 Å². The van der Waals surface area contributed by atoms with E-state index in [0.29, 0.717) is 25.5 Å². The maximum Gasteiger partial charge on any atom is 0.417 e. The number of piperidine rings is 1. The van der Waals surface area contributed by atoms with Gasteiger partial charge in [0.25, 0.3) is 0 Å². The lowest BCUT2D eigenvalue weighted by atomic mass is 9.96. The number of hydrogen-bond donors (Lipinski definition) is 0. The number of carbonyl (C=O) groups is 2. The van der Waals surface area contributed by atoms with Gasteiger partial charge >= 0.3 is 6.18 Å². The largest absolute Gasteiger partial charge is 0.417 e. The zero-order valence-electron chi connectivity index (χ0n) is 17.1. The predicted octanol–water partition coefficient (Wildman–Crippen LogP) is 2.62. The van der Waals surface area contributed by atoms with Gasteiger partial charge in [-0.25, -0.2) is 8.42 Å². The average Bonchev–Trinajstić information content (AvgIpc) is 2.77. The van der Waals surface area contributed by atoms with E-state index in [-0.39, 0.29) is 50.5 Å². The summed E-state index contributed by atoms with van der Waals surface area (Å²) in [5.41, 5.74) is -1.22. The van der Waals surface area contributed by atoms with E-state index >= 15 is 0 Å². The first-order valence-electron chi connectivity index (χ1n) is 10.0. The van der Waals surface area contributed by atoms with Crippen LogP contribution in [0.3, 0.4) is 0 Å². The molecule has 2 fully saturated rings. The minimum absolute atomic E-state index is 0.0416. The molecule has 1 aromatic rings. The molecule has 0 aliphatic carbocycles. The molecule has 32 heavy (non-hydrogen) atoms. The minimum Gasteiger partial charge on any atom is -0.340 e. The number of piperazine rings is 1. The van der Waals surface area contributed by atoms with Crippen molar-refractivity contribution in [1.29, 1.82) is 0 Å². The van der Waals surface area contributed by atoms with Gasteiger partial charge in [-0.05, 0) is 37.1 Å². The molecule has 2 saturated heterocycles. The van der Waals surface area contributed by atoms with Crippen molar-refractivity contribution >= 4 is 33.4 Å². The molecule has 1 unspecified atom stereocenters. The Balaban J connectivity index is 1.67. The van der Waals surface area contributed by atoms with Gasteiger partial charge in [0.1, 0.15) is 0 Å². The summed E-state index contributed by atoms with van der Waals surface area (Å²) < 4.78 is 66.1. The molecule has 12 heteroatoms. The number of likely N-dealkylation sites (tertiary alicyclic amines) is 1. The Hall–Kier alpha value is -2.11. The second-order valence-corrected chi connectivity index (χ2v) is 10.0. The SMILES string of the molecule is C=CC(=O)N1CCCC(C(=O)N2CCN(S(=O)(=O)c3ccc(Cl)c(C(F)(F)F)c3)CC2)C1. The second kappa shape index (κ2) is 9.40. The zero-order valence-corrected chi connectivity index (χ0v) is 18.7. The number of amides is 2. The van der Waals surface area contributed by atoms with Crippen LogP contribution < -0.4 is 0 Å². The molecular formula is C20H23ClF3N3O4S. The average molecular weight is 494 g/mol. The summed E-state index contributed by atoms with van der Waals surface area (Å²) in [5, 5.41) is -0.580. The fourth-order valence-electron chi connectivity index (χ4n) is 3.95. The highest BCUT2D eigenvalue weighted by atomic mass is 35.5. The van der Waals surface area contributed by atoms with Crippen LogP contribution in [-0.4, -0.2) is 73.6 Å². The van der Waals surface area contributed by atoms with E-state index in [0.717, 1.165) is 16.4 Å². The number of hydrogen-bond acceptors (Lipinski definition) is 4. The van der Waals surface area contributed by atoms with Gasteiger partial charge in [-0.3, -0.25) is 9.59 Å². The van der Waals surface area contributed by atoms with Crippen LogP contribution >= 0.6 is 11.6 Å². The number of nitrogens with zero attached hydrogens (tertiary/aromatic N) is 3. The number of alkyl halides is 3. The summed E-state index contributed by atoms with van der Waals surface area (Å²) in [6.07, 6.45) is -2.27. The summed E-state index contributed by atoms with van der Waals surface area (Å²) in [4.78, 5) is 27.3. The Bertz CT molecular complexity index is 1010. The lowest BCUT2D eigenvalue weighted by molar-refractivity contribution is -0.140. The molecule has 0 aromatic heterocycles. The second-order valence-electron chi connectivity index (χ2n) is 7.70. The molecule has 1 aromatic carbocycles. The fraction of sp³-hybridized carbons (Fsp3) is 0.500. The molecule has 0 saturated carbocycles. The van der Waals surface area contributed by atoms with E-state index in [1.54, 1.807) is 9.80 Å². The van der Waals surface area contributed by atoms with Gasteiger partial charge in [-0.2, -0.15) is 17.5 Å². The topological polar surface area (TPSA) is 78.0 Å². The maximum absolute atomic E-state index is 13.1. The molecule has 0 radical (unpaired) electrons. The van der Waals surface area contributed by atoms with Crippen molar-refractivity contribution < 1.29 is 31.2 Å². The van der Waals surface area contributed by atoms with Gasteiger partial charge < -0.3 is 9.80 Å². The molecule has 1 atom stereocenters. The van der Waals surface area contributed by atoms with E-state index < -0.39 is 31.7 Å². The van der Waals surface area contributed by atoms with Gasteiger partial charge in [0.2, 0.25) is 21.8 Å². The first-order valence-corrected chi connectivity index (χ1v) is 11.8. The first kappa shape index (κ1) is 24.5. The van der Waals surface area contributed by atoms with Gasteiger partial charge in [-0.1, -0.05) is 18.2 Å². The Morgan fingerprint density at radius 3 is 2.34 bits per heavy atom. The van der Waals surface area contributed by atoms with Crippen molar-refractivity contribution in [2.75, 3.05) is 39.3 Å². The molecule has 0 N–H and O–H groups in total. The van der Waals surface area contributed by atoms with Crippen LogP contribution in [0.1, 0.15) is 18.4 Å². The molecule has 2 heterocycles. The Morgan fingerprint density at radius 2 is 1.75 bits per heavy atom. The van der Waals surface area contributed by atoms with Crippen LogP contribution in [-0.2, 0) is 25.8 Å². The highest BCUT2D eigenvalue weighted by Crippen LogP contribution is 2.36. The predicted molar refractivity (Wildman–Crippen MR) is 111 cm³/mol. The van der Waals surface area contributed by atoms with Crippen LogP contribution in [0, 0.1) is 5.92 Å². The quantitative estimate of drug-likeness (QED) is 0.604. The molecule has 2 amide bonds. The van der Waals surface area contributed by atoms with E-state index in [2.05, 4.69) is 6.58 Å². The molecule has 0 bridgehead atoms. The maximum atomic E-state index is 13.1. The molecule has 0 spiro atoms. The van der Waals surface area contributed by atoms with Crippen LogP contribution in [0.4, 0.5) is 13.2 Å². The molecular weight excluding hydrogens is 471 g/mol. The lowest BCUT2D eigenvalue weighted by Crippen LogP contribution is -2.54. The van der Waals surface area contributed by atoms with Crippen LogP contribution in [0.2, 0.25) is 5.02 Å². The Morgan fingerprint density at radius 1 is 1.09 bits per heavy atom. The van der Waals surface area contributed by atoms with E-state index in [1.165, 1.54) is 6.08 Å². The standard InChI is InChI=1S/C20H23ClF3N3O4S/c1-2-18(28)26-7-3-4-14(13-26)19(29)25-8-10-27(11-9-25)32(30,31)15-5-6-17(21)16(12-15)20(22,23)24/h2,5-6,12,14H,1,3-4,7-11,13H2. The number of benzene rings is 1. The highest BCUT2D eigenvalue weighted by molar-refractivity contribution is 7.89. The molecule has 3 rings (SSSR count). The number of carbonyl (C=O) groups excluding carboxylic acids is 2. The lowest BCUT2D eigenvalue weighted by Gasteiger charge is -2.38. The van der Waals surface area contributed by atoms with Crippen LogP contribution in [0.25, 0.3) is 0 Å². The third-order valence-electron chi connectivity index (χ3n) is 5.69. The number of sulfonamides is 1. The van der Waals surface area contributed by atoms with Gasteiger partial charge in [0.15, 0.2) is 0 Å². The van der Waals surface area contributed by atoms with Crippen molar-refractivity contribution in [2.45, 2.75) is 23.9 Å². The molecule has 2 aliphatic heterocycles. The van der Waals surface area contributed by atoms with Gasteiger partial charge in [-0.15, -0.1) is 0 Å². The van der Waals surface area contributed by atoms with Crippen molar-refractivity contribution in [3.8, 4) is 0 Å². The summed E-state index contributed by atoms with van der Waals surface area (Å²) in [6, 6.07) is 2.48. The summed E-state index contributed by atoms with van der Waals surface area (Å²) in [6.45, 7) is 4.45. The summed E-state index contributed by atoms with van der Waals surface area (Å²) in [7, 11) is -4.19. The summed E-state index contributed by atoms with van der Waals surface area (Å²) in [5.74, 6) is -0.768. The normalized spacial score (nSPS) is 20.8. The van der Waals surface area contributed by atoms with Crippen molar-refractivity contribution in [2.24, 2.45) is 5.92 Å². The van der Waals surface area contributed by atoms with Crippen LogP contribution in [0.5, 0.6) is 0 Å². The first-order chi connectivity index (χ1) is 14.9. The Labute approximate surface area is 189 Å².